The van der Waals surface area contributed by atoms with Gasteiger partial charge in [-0.05, 0) is 49.2 Å². The first kappa shape index (κ1) is 18.1. The summed E-state index contributed by atoms with van der Waals surface area (Å²) in [6.45, 7) is 3.96. The molecule has 1 amide bonds. The van der Waals surface area contributed by atoms with Crippen LogP contribution >= 0.6 is 11.3 Å². The predicted molar refractivity (Wildman–Crippen MR) is 103 cm³/mol. The first-order valence-electron chi connectivity index (χ1n) is 7.77. The second-order valence-corrected chi connectivity index (χ2v) is 8.25. The van der Waals surface area contributed by atoms with E-state index in [-0.39, 0.29) is 15.7 Å². The molecular weight excluding hydrogens is 370 g/mol. The number of nitrogens with one attached hydrogen (secondary N) is 2. The van der Waals surface area contributed by atoms with Gasteiger partial charge in [-0.25, -0.2) is 13.4 Å². The van der Waals surface area contributed by atoms with E-state index in [0.29, 0.717) is 5.69 Å². The van der Waals surface area contributed by atoms with Crippen LogP contribution < -0.4 is 10.0 Å². The molecule has 8 heteroatoms. The van der Waals surface area contributed by atoms with E-state index in [0.717, 1.165) is 22.5 Å². The summed E-state index contributed by atoms with van der Waals surface area (Å²) in [5.74, 6) is -0.394. The number of aromatic nitrogens is 1. The lowest BCUT2D eigenvalue weighted by Crippen LogP contribution is -2.14. The summed E-state index contributed by atoms with van der Waals surface area (Å²) in [7, 11) is -3.73. The Balaban J connectivity index is 1.73. The number of carbonyl (C=O) groups is 1. The molecule has 2 aromatic carbocycles. The van der Waals surface area contributed by atoms with Crippen LogP contribution in [0.2, 0.25) is 0 Å². The normalized spacial score (nSPS) is 11.2. The van der Waals surface area contributed by atoms with Gasteiger partial charge in [-0.3, -0.25) is 9.52 Å². The van der Waals surface area contributed by atoms with Crippen LogP contribution in [0.1, 0.15) is 21.6 Å². The van der Waals surface area contributed by atoms with Crippen molar-refractivity contribution < 1.29 is 13.2 Å². The van der Waals surface area contributed by atoms with Crippen LogP contribution in [-0.4, -0.2) is 19.3 Å². The quantitative estimate of drug-likeness (QED) is 0.697. The Morgan fingerprint density at radius 3 is 2.46 bits per heavy atom. The maximum Gasteiger partial charge on any atom is 0.275 e. The summed E-state index contributed by atoms with van der Waals surface area (Å²) in [5, 5.41) is 4.41. The van der Waals surface area contributed by atoms with Crippen molar-refractivity contribution in [2.75, 3.05) is 10.0 Å². The third kappa shape index (κ3) is 4.09. The fraction of sp³-hybridized carbons (Fsp3) is 0.111. The van der Waals surface area contributed by atoms with Gasteiger partial charge in [0.25, 0.3) is 15.9 Å². The van der Waals surface area contributed by atoms with Crippen molar-refractivity contribution in [1.82, 2.24) is 4.98 Å². The van der Waals surface area contributed by atoms with E-state index in [4.69, 9.17) is 0 Å². The van der Waals surface area contributed by atoms with E-state index < -0.39 is 15.9 Å². The Morgan fingerprint density at radius 2 is 1.77 bits per heavy atom. The second kappa shape index (κ2) is 7.27. The molecule has 6 nitrogen and oxygen atoms in total. The van der Waals surface area contributed by atoms with Crippen molar-refractivity contribution >= 4 is 38.1 Å². The fourth-order valence-corrected chi connectivity index (χ4v) is 4.18. The highest BCUT2D eigenvalue weighted by Crippen LogP contribution is 2.21. The zero-order valence-corrected chi connectivity index (χ0v) is 15.8. The van der Waals surface area contributed by atoms with E-state index >= 15 is 0 Å². The van der Waals surface area contributed by atoms with E-state index in [2.05, 4.69) is 15.0 Å². The molecule has 3 rings (SSSR count). The van der Waals surface area contributed by atoms with E-state index in [9.17, 15) is 13.2 Å². The molecule has 2 N–H and O–H groups in total. The van der Waals surface area contributed by atoms with Gasteiger partial charge in [0.2, 0.25) is 0 Å². The number of sulfonamides is 1. The van der Waals surface area contributed by atoms with Gasteiger partial charge in [-0.1, -0.05) is 24.3 Å². The minimum atomic E-state index is -3.73. The van der Waals surface area contributed by atoms with Crippen LogP contribution in [-0.2, 0) is 10.0 Å². The highest BCUT2D eigenvalue weighted by molar-refractivity contribution is 7.93. The lowest BCUT2D eigenvalue weighted by molar-refractivity contribution is 0.102. The predicted octanol–water partition coefficient (Wildman–Crippen LogP) is 3.81. The molecule has 1 heterocycles. The summed E-state index contributed by atoms with van der Waals surface area (Å²) >= 11 is 1.05. The molecule has 3 aromatic rings. The maximum atomic E-state index is 12.3. The van der Waals surface area contributed by atoms with E-state index in [1.54, 1.807) is 18.2 Å². The van der Waals surface area contributed by atoms with Crippen LogP contribution in [0, 0.1) is 13.8 Å². The Bertz CT molecular complexity index is 1040. The average molecular weight is 387 g/mol. The van der Waals surface area contributed by atoms with Gasteiger partial charge in [-0.2, -0.15) is 0 Å². The second-order valence-electron chi connectivity index (χ2n) is 5.71. The topological polar surface area (TPSA) is 88.2 Å². The first-order valence-corrected chi connectivity index (χ1v) is 10.1. The summed E-state index contributed by atoms with van der Waals surface area (Å²) in [6.07, 6.45) is 0. The summed E-state index contributed by atoms with van der Waals surface area (Å²) in [5.41, 5.74) is 3.02. The molecule has 0 aliphatic heterocycles. The Kier molecular flexibility index (Phi) is 5.06. The monoisotopic (exact) mass is 387 g/mol. The van der Waals surface area contributed by atoms with Crippen molar-refractivity contribution in [3.05, 3.63) is 70.7 Å². The third-order valence-corrected chi connectivity index (χ3v) is 6.02. The van der Waals surface area contributed by atoms with Crippen molar-refractivity contribution in [2.45, 2.75) is 18.7 Å². The Hall–Kier alpha value is -2.71. The number of nitrogens with zero attached hydrogens (tertiary/aromatic N) is 1. The van der Waals surface area contributed by atoms with E-state index in [1.165, 1.54) is 17.5 Å². The summed E-state index contributed by atoms with van der Waals surface area (Å²) in [4.78, 5) is 16.5. The lowest BCUT2D eigenvalue weighted by Gasteiger charge is -2.06. The SMILES string of the molecule is Cc1ccc(NC(=O)c2csc(NS(=O)(=O)c3ccccc3)n2)cc1C. The molecule has 26 heavy (non-hydrogen) atoms. The number of rotatable bonds is 5. The zero-order chi connectivity index (χ0) is 18.7. The van der Waals surface area contributed by atoms with Crippen LogP contribution in [0.3, 0.4) is 0 Å². The number of thiazole rings is 1. The minimum Gasteiger partial charge on any atom is -0.321 e. The van der Waals surface area contributed by atoms with Gasteiger partial charge in [0.15, 0.2) is 5.13 Å². The third-order valence-electron chi connectivity index (χ3n) is 3.78. The standard InChI is InChI=1S/C18H17N3O3S2/c1-12-8-9-14(10-13(12)2)19-17(22)16-11-25-18(20-16)21-26(23,24)15-6-4-3-5-7-15/h3-11H,1-2H3,(H,19,22)(H,20,21). The number of anilines is 2. The lowest BCUT2D eigenvalue weighted by atomic mass is 10.1. The average Bonchev–Trinajstić information content (AvgIpc) is 3.07. The first-order chi connectivity index (χ1) is 12.3. The van der Waals surface area contributed by atoms with Crippen LogP contribution in [0.4, 0.5) is 10.8 Å². The number of carbonyl (C=O) groups excluding carboxylic acids is 1. The van der Waals surface area contributed by atoms with Gasteiger partial charge in [0.05, 0.1) is 4.90 Å². The molecule has 0 aliphatic rings. The Morgan fingerprint density at radius 1 is 1.04 bits per heavy atom. The largest absolute Gasteiger partial charge is 0.321 e. The van der Waals surface area contributed by atoms with Gasteiger partial charge in [-0.15, -0.1) is 11.3 Å². The molecule has 0 saturated carbocycles. The highest BCUT2D eigenvalue weighted by Gasteiger charge is 2.17. The minimum absolute atomic E-state index is 0.135. The molecule has 0 spiro atoms. The molecule has 134 valence electrons. The van der Waals surface area contributed by atoms with Crippen molar-refractivity contribution in [3.8, 4) is 0 Å². The van der Waals surface area contributed by atoms with Gasteiger partial charge in [0, 0.05) is 11.1 Å². The van der Waals surface area contributed by atoms with Gasteiger partial charge < -0.3 is 5.32 Å². The molecule has 1 aromatic heterocycles. The molecule has 0 bridgehead atoms. The number of benzene rings is 2. The van der Waals surface area contributed by atoms with Crippen LogP contribution in [0.25, 0.3) is 0 Å². The van der Waals surface area contributed by atoms with Gasteiger partial charge >= 0.3 is 0 Å². The van der Waals surface area contributed by atoms with Crippen molar-refractivity contribution in [3.63, 3.8) is 0 Å². The number of aryl methyl sites for hydroxylation is 2. The van der Waals surface area contributed by atoms with Crippen molar-refractivity contribution in [1.29, 1.82) is 0 Å². The maximum absolute atomic E-state index is 12.3. The number of hydrogen-bond acceptors (Lipinski definition) is 5. The molecule has 0 aliphatic carbocycles. The molecule has 0 atom stereocenters. The Labute approximate surface area is 156 Å². The highest BCUT2D eigenvalue weighted by atomic mass is 32.2. The van der Waals surface area contributed by atoms with E-state index in [1.807, 2.05) is 32.0 Å². The fourth-order valence-electron chi connectivity index (χ4n) is 2.21. The molecule has 0 radical (unpaired) electrons. The molecule has 0 unspecified atom stereocenters. The summed E-state index contributed by atoms with van der Waals surface area (Å²) < 4.78 is 27.0. The molecular formula is C18H17N3O3S2. The van der Waals surface area contributed by atoms with Gasteiger partial charge in [0.1, 0.15) is 5.69 Å². The number of hydrogen-bond donors (Lipinski definition) is 2. The van der Waals surface area contributed by atoms with Crippen LogP contribution in [0.5, 0.6) is 0 Å². The summed E-state index contributed by atoms with van der Waals surface area (Å²) in [6, 6.07) is 13.6. The molecule has 0 fully saturated rings. The zero-order valence-electron chi connectivity index (χ0n) is 14.2. The van der Waals surface area contributed by atoms with Crippen LogP contribution in [0.15, 0.2) is 58.8 Å². The number of amides is 1. The van der Waals surface area contributed by atoms with Crippen molar-refractivity contribution in [2.24, 2.45) is 0 Å². The smallest absolute Gasteiger partial charge is 0.275 e. The molecule has 0 saturated heterocycles.